The first-order chi connectivity index (χ1) is 16.2. The third kappa shape index (κ3) is 7.60. The van der Waals surface area contributed by atoms with E-state index in [0.29, 0.717) is 27.9 Å². The van der Waals surface area contributed by atoms with E-state index in [-0.39, 0.29) is 18.2 Å². The minimum atomic E-state index is -3.24. The fraction of sp³-hybridized carbons (Fsp3) is 0.261. The second kappa shape index (κ2) is 12.4. The molecule has 0 radical (unpaired) electrons. The van der Waals surface area contributed by atoms with Crippen molar-refractivity contribution in [2.75, 3.05) is 6.61 Å². The summed E-state index contributed by atoms with van der Waals surface area (Å²) in [5, 5.41) is 4.00. The van der Waals surface area contributed by atoms with Crippen molar-refractivity contribution in [3.63, 3.8) is 0 Å². The summed E-state index contributed by atoms with van der Waals surface area (Å²) in [5.74, 6) is -0.237. The number of rotatable bonds is 10. The SMILES string of the molecule is CC(C)C[C@H](COO[PH](=O)O)NC(=O)c1cnc(-c2ccc(Cl)cc2)c(-c2ccc(Cl)cc2)n1. The van der Waals surface area contributed by atoms with Crippen molar-refractivity contribution in [1.82, 2.24) is 15.3 Å². The molecule has 0 spiro atoms. The summed E-state index contributed by atoms with van der Waals surface area (Å²) in [4.78, 5) is 35.7. The van der Waals surface area contributed by atoms with Crippen LogP contribution >= 0.6 is 31.5 Å². The standard InChI is InChI=1S/C23H24Cl2N3O5P/c1-14(2)11-19(13-32-33-34(30)31)27-23(29)20-12-26-21(15-3-7-17(24)8-4-15)22(28-20)16-5-9-18(25)10-6-16/h3-10,12,14,19,34H,11,13H2,1-2H3,(H,27,29)(H,30,31)/t19-/m1/s1. The second-order valence-corrected chi connectivity index (χ2v) is 9.47. The monoisotopic (exact) mass is 523 g/mol. The summed E-state index contributed by atoms with van der Waals surface area (Å²) < 4.78 is 15.0. The van der Waals surface area contributed by atoms with Gasteiger partial charge in [0.25, 0.3) is 5.91 Å². The normalized spacial score (nSPS) is 13.0. The first kappa shape index (κ1) is 26.3. The Bertz CT molecular complexity index is 1140. The zero-order valence-corrected chi connectivity index (χ0v) is 21.0. The lowest BCUT2D eigenvalue weighted by atomic mass is 10.0. The highest BCUT2D eigenvalue weighted by molar-refractivity contribution is 7.31. The first-order valence-electron chi connectivity index (χ1n) is 10.4. The van der Waals surface area contributed by atoms with E-state index in [4.69, 9.17) is 33.0 Å². The van der Waals surface area contributed by atoms with Crippen molar-refractivity contribution >= 4 is 37.4 Å². The molecule has 0 saturated heterocycles. The van der Waals surface area contributed by atoms with Crippen LogP contribution < -0.4 is 5.32 Å². The molecule has 0 aliphatic carbocycles. The Morgan fingerprint density at radius 3 is 2.12 bits per heavy atom. The molecule has 3 aromatic rings. The van der Waals surface area contributed by atoms with E-state index in [1.165, 1.54) is 6.20 Å². The topological polar surface area (TPSA) is 111 Å². The molecule has 0 saturated carbocycles. The highest BCUT2D eigenvalue weighted by Crippen LogP contribution is 2.30. The van der Waals surface area contributed by atoms with Crippen molar-refractivity contribution in [2.45, 2.75) is 26.3 Å². The van der Waals surface area contributed by atoms with Gasteiger partial charge in [-0.2, -0.15) is 4.67 Å². The summed E-state index contributed by atoms with van der Waals surface area (Å²) in [6, 6.07) is 13.8. The summed E-state index contributed by atoms with van der Waals surface area (Å²) in [6.07, 6.45) is 1.96. The lowest BCUT2D eigenvalue weighted by molar-refractivity contribution is -0.212. The molecule has 1 unspecified atom stereocenters. The van der Waals surface area contributed by atoms with Gasteiger partial charge in [-0.25, -0.2) is 9.87 Å². The van der Waals surface area contributed by atoms with Gasteiger partial charge in [0.1, 0.15) is 12.3 Å². The number of hydrogen-bond acceptors (Lipinski definition) is 6. The maximum atomic E-state index is 13.0. The maximum absolute atomic E-state index is 13.0. The van der Waals surface area contributed by atoms with Crippen LogP contribution in [0.2, 0.25) is 10.0 Å². The Hall–Kier alpha value is -2.32. The summed E-state index contributed by atoms with van der Waals surface area (Å²) in [5.41, 5.74) is 2.72. The molecule has 2 atom stereocenters. The number of benzene rings is 2. The minimum Gasteiger partial charge on any atom is -0.345 e. The molecular formula is C23H24Cl2N3O5P. The number of nitrogens with one attached hydrogen (secondary N) is 1. The smallest absolute Gasteiger partial charge is 0.344 e. The highest BCUT2D eigenvalue weighted by Gasteiger charge is 2.20. The Balaban J connectivity index is 1.92. The van der Waals surface area contributed by atoms with Gasteiger partial charge >= 0.3 is 8.25 Å². The van der Waals surface area contributed by atoms with Gasteiger partial charge in [-0.05, 0) is 36.6 Å². The number of hydrogen-bond donors (Lipinski definition) is 2. The second-order valence-electron chi connectivity index (χ2n) is 7.90. The largest absolute Gasteiger partial charge is 0.345 e. The third-order valence-electron chi connectivity index (χ3n) is 4.73. The maximum Gasteiger partial charge on any atom is 0.344 e. The molecule has 0 bridgehead atoms. The van der Waals surface area contributed by atoms with Gasteiger partial charge in [-0.15, -0.1) is 0 Å². The van der Waals surface area contributed by atoms with E-state index in [1.807, 2.05) is 26.0 Å². The van der Waals surface area contributed by atoms with Crippen LogP contribution in [0.5, 0.6) is 0 Å². The number of nitrogens with zero attached hydrogens (tertiary/aromatic N) is 2. The van der Waals surface area contributed by atoms with E-state index in [0.717, 1.165) is 11.1 Å². The molecule has 8 nitrogen and oxygen atoms in total. The number of carbonyl (C=O) groups is 1. The third-order valence-corrected chi connectivity index (χ3v) is 5.50. The predicted molar refractivity (Wildman–Crippen MR) is 132 cm³/mol. The molecule has 0 fully saturated rings. The quantitative estimate of drug-likeness (QED) is 0.202. The molecule has 0 aliphatic rings. The first-order valence-corrected chi connectivity index (χ1v) is 12.5. The molecule has 180 valence electrons. The lowest BCUT2D eigenvalue weighted by Gasteiger charge is -2.20. The average molecular weight is 524 g/mol. The zero-order valence-electron chi connectivity index (χ0n) is 18.5. The molecule has 34 heavy (non-hydrogen) atoms. The molecular weight excluding hydrogens is 500 g/mol. The summed E-state index contributed by atoms with van der Waals surface area (Å²) in [7, 11) is -3.24. The van der Waals surface area contributed by atoms with Crippen LogP contribution in [-0.2, 0) is 14.1 Å². The fourth-order valence-corrected chi connectivity index (χ4v) is 3.71. The molecule has 2 N–H and O–H groups in total. The fourth-order valence-electron chi connectivity index (χ4n) is 3.29. The number of carbonyl (C=O) groups excluding carboxylic acids is 1. The molecule has 1 amide bonds. The minimum absolute atomic E-state index is 0.0960. The van der Waals surface area contributed by atoms with Crippen LogP contribution in [-0.4, -0.2) is 33.4 Å². The van der Waals surface area contributed by atoms with Gasteiger partial charge < -0.3 is 10.2 Å². The van der Waals surface area contributed by atoms with E-state index in [9.17, 15) is 9.36 Å². The molecule has 1 aromatic heterocycles. The van der Waals surface area contributed by atoms with E-state index in [1.54, 1.807) is 36.4 Å². The van der Waals surface area contributed by atoms with Crippen LogP contribution in [0, 0.1) is 5.92 Å². The Morgan fingerprint density at radius 2 is 1.59 bits per heavy atom. The Kier molecular flexibility index (Phi) is 9.59. The van der Waals surface area contributed by atoms with Crippen molar-refractivity contribution in [1.29, 1.82) is 0 Å². The molecule has 3 rings (SSSR count). The van der Waals surface area contributed by atoms with Gasteiger partial charge in [0.15, 0.2) is 0 Å². The summed E-state index contributed by atoms with van der Waals surface area (Å²) in [6.45, 7) is 3.86. The van der Waals surface area contributed by atoms with Gasteiger partial charge in [0, 0.05) is 21.2 Å². The van der Waals surface area contributed by atoms with Gasteiger partial charge in [0.05, 0.1) is 23.6 Å². The van der Waals surface area contributed by atoms with Crippen molar-refractivity contribution in [2.24, 2.45) is 5.92 Å². The van der Waals surface area contributed by atoms with Gasteiger partial charge in [-0.1, -0.05) is 61.3 Å². The number of aromatic nitrogens is 2. The van der Waals surface area contributed by atoms with E-state index >= 15 is 0 Å². The van der Waals surface area contributed by atoms with Crippen LogP contribution in [0.3, 0.4) is 0 Å². The van der Waals surface area contributed by atoms with Gasteiger partial charge in [-0.3, -0.25) is 14.3 Å². The summed E-state index contributed by atoms with van der Waals surface area (Å²) >= 11 is 12.1. The van der Waals surface area contributed by atoms with Crippen molar-refractivity contribution in [3.05, 3.63) is 70.5 Å². The van der Waals surface area contributed by atoms with Crippen molar-refractivity contribution < 1.29 is 23.8 Å². The lowest BCUT2D eigenvalue weighted by Crippen LogP contribution is -2.39. The molecule has 2 aromatic carbocycles. The van der Waals surface area contributed by atoms with Crippen molar-refractivity contribution in [3.8, 4) is 22.5 Å². The molecule has 11 heteroatoms. The van der Waals surface area contributed by atoms with Crippen LogP contribution in [0.15, 0.2) is 54.7 Å². The van der Waals surface area contributed by atoms with Crippen LogP contribution in [0.25, 0.3) is 22.5 Å². The Labute approximate surface area is 208 Å². The predicted octanol–water partition coefficient (Wildman–Crippen LogP) is 5.59. The van der Waals surface area contributed by atoms with E-state index in [2.05, 4.69) is 20.0 Å². The highest BCUT2D eigenvalue weighted by atomic mass is 35.5. The number of halogens is 2. The van der Waals surface area contributed by atoms with Crippen LogP contribution in [0.1, 0.15) is 30.8 Å². The molecule has 1 heterocycles. The average Bonchev–Trinajstić information content (AvgIpc) is 2.79. The zero-order chi connectivity index (χ0) is 24.7. The van der Waals surface area contributed by atoms with E-state index < -0.39 is 20.2 Å². The Morgan fingerprint density at radius 1 is 1.03 bits per heavy atom. The van der Waals surface area contributed by atoms with Crippen LogP contribution in [0.4, 0.5) is 0 Å². The molecule has 0 aliphatic heterocycles. The van der Waals surface area contributed by atoms with Gasteiger partial charge in [0.2, 0.25) is 0 Å². The number of amides is 1.